The topological polar surface area (TPSA) is 32.8 Å². The fourth-order valence-corrected chi connectivity index (χ4v) is 4.63. The number of piperidine rings is 1. The van der Waals surface area contributed by atoms with Crippen molar-refractivity contribution in [1.82, 2.24) is 9.21 Å². The Hall–Kier alpha value is -0.460. The van der Waals surface area contributed by atoms with Crippen LogP contribution in [0.25, 0.3) is 0 Å². The molecule has 2 saturated heterocycles. The van der Waals surface area contributed by atoms with E-state index in [4.69, 9.17) is 16.3 Å². The van der Waals surface area contributed by atoms with E-state index >= 15 is 0 Å². The first kappa shape index (κ1) is 15.4. The van der Waals surface area contributed by atoms with Crippen LogP contribution < -0.4 is 0 Å². The molecule has 0 aromatic heterocycles. The molecule has 6 heteroatoms. The smallest absolute Gasteiger partial charge is 0.129 e. The molecule has 0 amide bonds. The molecule has 1 aromatic carbocycles. The number of nitrogens with zero attached hydrogens (tertiary/aromatic N) is 2. The van der Waals surface area contributed by atoms with Gasteiger partial charge in [0.2, 0.25) is 0 Å². The maximum absolute atomic E-state index is 12.6. The first-order valence-corrected chi connectivity index (χ1v) is 8.97. The normalized spacial score (nSPS) is 24.0. The van der Waals surface area contributed by atoms with Crippen LogP contribution in [-0.4, -0.2) is 58.8 Å². The summed E-state index contributed by atoms with van der Waals surface area (Å²) in [6.45, 7) is 5.45. The largest absolute Gasteiger partial charge is 0.379 e. The average Bonchev–Trinajstić information content (AvgIpc) is 2.56. The molecule has 0 bridgehead atoms. The van der Waals surface area contributed by atoms with E-state index in [-0.39, 0.29) is 0 Å². The lowest BCUT2D eigenvalue weighted by atomic mass is 10.0. The van der Waals surface area contributed by atoms with Crippen LogP contribution >= 0.6 is 11.6 Å². The van der Waals surface area contributed by atoms with E-state index < -0.39 is 11.0 Å². The molecule has 0 N–H and O–H groups in total. The summed E-state index contributed by atoms with van der Waals surface area (Å²) in [6.07, 6.45) is 2.13. The van der Waals surface area contributed by atoms with Gasteiger partial charge in [0.1, 0.15) is 11.0 Å². The van der Waals surface area contributed by atoms with Gasteiger partial charge in [-0.15, -0.1) is 0 Å². The molecule has 1 unspecified atom stereocenters. The predicted molar refractivity (Wildman–Crippen MR) is 84.8 cm³/mol. The number of halogens is 1. The van der Waals surface area contributed by atoms with Crippen molar-refractivity contribution in [2.75, 3.05) is 39.4 Å². The van der Waals surface area contributed by atoms with Gasteiger partial charge in [0.05, 0.1) is 23.1 Å². The minimum absolute atomic E-state index is 0.589. The molecule has 2 aliphatic heterocycles. The summed E-state index contributed by atoms with van der Waals surface area (Å²) in [5.41, 5.74) is 0. The summed E-state index contributed by atoms with van der Waals surface area (Å²) in [5, 5.41) is 0.589. The van der Waals surface area contributed by atoms with Crippen molar-refractivity contribution in [2.45, 2.75) is 23.8 Å². The second-order valence-electron chi connectivity index (χ2n) is 5.49. The number of hydrogen-bond acceptors (Lipinski definition) is 3. The standard InChI is InChI=1S/C15H21ClN2O2S/c16-14-3-1-2-4-15(14)21(19)18-7-5-13(6-8-18)17-9-11-20-12-10-17/h1-4,13H,5-12H2. The van der Waals surface area contributed by atoms with Crippen molar-refractivity contribution in [3.8, 4) is 0 Å². The predicted octanol–water partition coefficient (Wildman–Crippen LogP) is 2.16. The summed E-state index contributed by atoms with van der Waals surface area (Å²) in [5.74, 6) is 0. The Morgan fingerprint density at radius 2 is 1.76 bits per heavy atom. The lowest BCUT2D eigenvalue weighted by Crippen LogP contribution is -2.49. The number of ether oxygens (including phenoxy) is 1. The van der Waals surface area contributed by atoms with E-state index in [9.17, 15) is 4.21 Å². The van der Waals surface area contributed by atoms with Crippen LogP contribution in [0, 0.1) is 0 Å². The second kappa shape index (κ2) is 7.20. The molecule has 0 saturated carbocycles. The van der Waals surface area contributed by atoms with Crippen LogP contribution in [0.2, 0.25) is 5.02 Å². The molecule has 1 atom stereocenters. The lowest BCUT2D eigenvalue weighted by molar-refractivity contribution is 0.00634. The molecule has 0 radical (unpaired) electrons. The molecule has 116 valence electrons. The molecule has 0 aliphatic carbocycles. The zero-order valence-corrected chi connectivity index (χ0v) is 13.6. The van der Waals surface area contributed by atoms with Crippen LogP contribution in [-0.2, 0) is 15.7 Å². The van der Waals surface area contributed by atoms with Gasteiger partial charge in [-0.2, -0.15) is 0 Å². The van der Waals surface area contributed by atoms with Crippen molar-refractivity contribution in [3.05, 3.63) is 29.3 Å². The third-order valence-electron chi connectivity index (χ3n) is 4.24. The molecule has 3 rings (SSSR count). The fourth-order valence-electron chi connectivity index (χ4n) is 3.04. The van der Waals surface area contributed by atoms with E-state index in [1.165, 1.54) is 0 Å². The van der Waals surface area contributed by atoms with Gasteiger partial charge in [-0.05, 0) is 25.0 Å². The van der Waals surface area contributed by atoms with Crippen molar-refractivity contribution in [3.63, 3.8) is 0 Å². The Balaban J connectivity index is 1.58. The first-order chi connectivity index (χ1) is 10.3. The van der Waals surface area contributed by atoms with Gasteiger partial charge in [0, 0.05) is 32.2 Å². The van der Waals surface area contributed by atoms with Gasteiger partial charge >= 0.3 is 0 Å². The monoisotopic (exact) mass is 328 g/mol. The Bertz CT molecular complexity index is 500. The van der Waals surface area contributed by atoms with E-state index in [2.05, 4.69) is 4.90 Å². The molecular weight excluding hydrogens is 308 g/mol. The Morgan fingerprint density at radius 3 is 2.43 bits per heavy atom. The Morgan fingerprint density at radius 1 is 1.10 bits per heavy atom. The molecular formula is C15H21ClN2O2S. The summed E-state index contributed by atoms with van der Waals surface area (Å²) in [6, 6.07) is 8.02. The van der Waals surface area contributed by atoms with Crippen LogP contribution in [0.5, 0.6) is 0 Å². The maximum atomic E-state index is 12.6. The van der Waals surface area contributed by atoms with Crippen LogP contribution in [0.15, 0.2) is 29.2 Å². The summed E-state index contributed by atoms with van der Waals surface area (Å²) >= 11 is 6.15. The number of morpholine rings is 1. The van der Waals surface area contributed by atoms with Crippen molar-refractivity contribution in [2.24, 2.45) is 0 Å². The highest BCUT2D eigenvalue weighted by Gasteiger charge is 2.28. The van der Waals surface area contributed by atoms with Gasteiger partial charge in [0.15, 0.2) is 0 Å². The lowest BCUT2D eigenvalue weighted by Gasteiger charge is -2.39. The van der Waals surface area contributed by atoms with E-state index in [0.717, 1.165) is 57.1 Å². The molecule has 2 aliphatic rings. The van der Waals surface area contributed by atoms with Crippen molar-refractivity contribution >= 4 is 22.6 Å². The van der Waals surface area contributed by atoms with Crippen molar-refractivity contribution < 1.29 is 8.95 Å². The molecule has 21 heavy (non-hydrogen) atoms. The van der Waals surface area contributed by atoms with Gasteiger partial charge in [-0.25, -0.2) is 8.51 Å². The Kier molecular flexibility index (Phi) is 5.29. The third kappa shape index (κ3) is 3.66. The van der Waals surface area contributed by atoms with Gasteiger partial charge < -0.3 is 4.74 Å². The average molecular weight is 329 g/mol. The fraction of sp³-hybridized carbons (Fsp3) is 0.600. The highest BCUT2D eigenvalue weighted by atomic mass is 35.5. The van der Waals surface area contributed by atoms with Gasteiger partial charge in [-0.3, -0.25) is 4.90 Å². The zero-order valence-electron chi connectivity index (χ0n) is 12.0. The number of benzene rings is 1. The minimum atomic E-state index is -1.14. The summed E-state index contributed by atoms with van der Waals surface area (Å²) in [7, 11) is -1.14. The number of hydrogen-bond donors (Lipinski definition) is 0. The summed E-state index contributed by atoms with van der Waals surface area (Å²) < 4.78 is 20.1. The molecule has 0 spiro atoms. The molecule has 2 fully saturated rings. The van der Waals surface area contributed by atoms with E-state index in [1.807, 2.05) is 22.5 Å². The highest BCUT2D eigenvalue weighted by molar-refractivity contribution is 7.82. The van der Waals surface area contributed by atoms with Gasteiger partial charge in [0.25, 0.3) is 0 Å². The SMILES string of the molecule is O=S(c1ccccc1Cl)N1CCC(N2CCOCC2)CC1. The van der Waals surface area contributed by atoms with Crippen LogP contribution in [0.3, 0.4) is 0 Å². The molecule has 4 nitrogen and oxygen atoms in total. The Labute approximate surface area is 133 Å². The zero-order chi connectivity index (χ0) is 14.7. The number of rotatable bonds is 3. The second-order valence-corrected chi connectivity index (χ2v) is 7.35. The minimum Gasteiger partial charge on any atom is -0.379 e. The highest BCUT2D eigenvalue weighted by Crippen LogP contribution is 2.25. The molecule has 1 aromatic rings. The van der Waals surface area contributed by atoms with E-state index in [0.29, 0.717) is 11.1 Å². The maximum Gasteiger partial charge on any atom is 0.129 e. The van der Waals surface area contributed by atoms with E-state index in [1.54, 1.807) is 6.07 Å². The molecule has 2 heterocycles. The van der Waals surface area contributed by atoms with Crippen LogP contribution in [0.1, 0.15) is 12.8 Å². The first-order valence-electron chi connectivity index (χ1n) is 7.49. The summed E-state index contributed by atoms with van der Waals surface area (Å²) in [4.78, 5) is 3.24. The van der Waals surface area contributed by atoms with Gasteiger partial charge in [-0.1, -0.05) is 23.7 Å². The van der Waals surface area contributed by atoms with Crippen LogP contribution in [0.4, 0.5) is 0 Å². The third-order valence-corrected chi connectivity index (χ3v) is 6.25. The quantitative estimate of drug-likeness (QED) is 0.852. The van der Waals surface area contributed by atoms with Crippen molar-refractivity contribution in [1.29, 1.82) is 0 Å².